The Balaban J connectivity index is 1.62. The number of imidazole rings is 1. The second-order valence-electron chi connectivity index (χ2n) is 8.38. The van der Waals surface area contributed by atoms with Crippen molar-refractivity contribution in [1.82, 2.24) is 20.2 Å². The predicted molar refractivity (Wildman–Crippen MR) is 106 cm³/mol. The minimum atomic E-state index is -0.557. The molecule has 8 nitrogen and oxygen atoms in total. The largest absolute Gasteiger partial charge is 0.444 e. The van der Waals surface area contributed by atoms with E-state index >= 15 is 0 Å². The Morgan fingerprint density at radius 1 is 1.25 bits per heavy atom. The average molecular weight is 388 g/mol. The minimum Gasteiger partial charge on any atom is -0.444 e. The van der Waals surface area contributed by atoms with Crippen LogP contribution in [-0.2, 0) is 9.53 Å². The van der Waals surface area contributed by atoms with Gasteiger partial charge >= 0.3 is 11.8 Å². The monoisotopic (exact) mass is 388 g/mol. The molecule has 1 aliphatic heterocycles. The highest BCUT2D eigenvalue weighted by atomic mass is 16.6. The number of nitrogens with zero attached hydrogens (tertiary/aromatic N) is 1. The third-order valence-corrected chi connectivity index (χ3v) is 4.84. The van der Waals surface area contributed by atoms with Crippen molar-refractivity contribution >= 4 is 23.0 Å². The SMILES string of the molecule is CC(NC(=O)C1CCCN(C(=O)OC(C)(C)C)C1)c1ccc2[nH]c(=O)[nH]c2c1. The van der Waals surface area contributed by atoms with Crippen molar-refractivity contribution in [2.75, 3.05) is 13.1 Å². The molecule has 2 unspecified atom stereocenters. The lowest BCUT2D eigenvalue weighted by Gasteiger charge is -2.34. The number of hydrogen-bond acceptors (Lipinski definition) is 4. The van der Waals surface area contributed by atoms with Crippen LogP contribution in [0.15, 0.2) is 23.0 Å². The van der Waals surface area contributed by atoms with Gasteiger partial charge in [0, 0.05) is 13.1 Å². The van der Waals surface area contributed by atoms with E-state index in [2.05, 4.69) is 15.3 Å². The van der Waals surface area contributed by atoms with Gasteiger partial charge in [-0.15, -0.1) is 0 Å². The smallest absolute Gasteiger partial charge is 0.410 e. The second-order valence-corrected chi connectivity index (χ2v) is 8.38. The number of aromatic amines is 2. The normalized spacial score (nSPS) is 18.7. The first kappa shape index (κ1) is 20.0. The van der Waals surface area contributed by atoms with Gasteiger partial charge in [-0.05, 0) is 58.2 Å². The Kier molecular flexibility index (Phi) is 5.49. The molecular formula is C20H28N4O4. The van der Waals surface area contributed by atoms with Crippen molar-refractivity contribution in [3.05, 3.63) is 34.2 Å². The third kappa shape index (κ3) is 4.74. The van der Waals surface area contributed by atoms with E-state index in [0.29, 0.717) is 18.6 Å². The molecule has 8 heteroatoms. The van der Waals surface area contributed by atoms with Crippen molar-refractivity contribution in [3.8, 4) is 0 Å². The number of benzene rings is 1. The minimum absolute atomic E-state index is 0.0802. The maximum absolute atomic E-state index is 12.7. The van der Waals surface area contributed by atoms with E-state index in [1.165, 1.54) is 0 Å². The van der Waals surface area contributed by atoms with Crippen LogP contribution < -0.4 is 11.0 Å². The predicted octanol–water partition coefficient (Wildman–Crippen LogP) is 2.68. The molecule has 3 rings (SSSR count). The number of H-pyrrole nitrogens is 2. The Labute approximate surface area is 163 Å². The van der Waals surface area contributed by atoms with E-state index in [1.54, 1.807) is 4.90 Å². The fraction of sp³-hybridized carbons (Fsp3) is 0.550. The van der Waals surface area contributed by atoms with Crippen LogP contribution in [0.5, 0.6) is 0 Å². The highest BCUT2D eigenvalue weighted by molar-refractivity contribution is 5.81. The van der Waals surface area contributed by atoms with E-state index < -0.39 is 5.60 Å². The van der Waals surface area contributed by atoms with Gasteiger partial charge in [-0.1, -0.05) is 6.07 Å². The highest BCUT2D eigenvalue weighted by Crippen LogP contribution is 2.22. The number of likely N-dealkylation sites (tertiary alicyclic amines) is 1. The van der Waals surface area contributed by atoms with Crippen LogP contribution in [0.3, 0.4) is 0 Å². The standard InChI is InChI=1S/C20H28N4O4/c1-12(13-7-8-15-16(10-13)23-18(26)22-15)21-17(25)14-6-5-9-24(11-14)19(27)28-20(2,3)4/h7-8,10,12,14H,5-6,9,11H2,1-4H3,(H,21,25)(H2,22,23,26). The van der Waals surface area contributed by atoms with Crippen molar-refractivity contribution in [2.24, 2.45) is 5.92 Å². The molecule has 1 aromatic carbocycles. The van der Waals surface area contributed by atoms with E-state index in [0.717, 1.165) is 23.9 Å². The van der Waals surface area contributed by atoms with Gasteiger partial charge in [0.1, 0.15) is 5.60 Å². The summed E-state index contributed by atoms with van der Waals surface area (Å²) in [6, 6.07) is 5.33. The lowest BCUT2D eigenvalue weighted by atomic mass is 9.96. The van der Waals surface area contributed by atoms with Gasteiger partial charge in [0.2, 0.25) is 5.91 Å². The van der Waals surface area contributed by atoms with Crippen molar-refractivity contribution in [3.63, 3.8) is 0 Å². The third-order valence-electron chi connectivity index (χ3n) is 4.84. The molecule has 1 fully saturated rings. The molecule has 0 spiro atoms. The van der Waals surface area contributed by atoms with E-state index in [9.17, 15) is 14.4 Å². The second kappa shape index (κ2) is 7.69. The zero-order valence-corrected chi connectivity index (χ0v) is 16.8. The molecule has 0 aliphatic carbocycles. The molecule has 2 heterocycles. The molecule has 3 N–H and O–H groups in total. The summed E-state index contributed by atoms with van der Waals surface area (Å²) in [6.45, 7) is 8.35. The van der Waals surface area contributed by atoms with Crippen LogP contribution in [-0.4, -0.2) is 45.6 Å². The van der Waals surface area contributed by atoms with Crippen LogP contribution in [0, 0.1) is 5.92 Å². The van der Waals surface area contributed by atoms with E-state index in [4.69, 9.17) is 4.74 Å². The zero-order valence-electron chi connectivity index (χ0n) is 16.8. The van der Waals surface area contributed by atoms with Gasteiger partial charge in [0.25, 0.3) is 0 Å². The summed E-state index contributed by atoms with van der Waals surface area (Å²) in [5.41, 5.74) is 1.52. The molecule has 2 aromatic rings. The van der Waals surface area contributed by atoms with Crippen LogP contribution in [0.1, 0.15) is 52.1 Å². The fourth-order valence-corrected chi connectivity index (χ4v) is 3.42. The van der Waals surface area contributed by atoms with Gasteiger partial charge in [-0.3, -0.25) is 4.79 Å². The van der Waals surface area contributed by atoms with Crippen LogP contribution in [0.4, 0.5) is 4.79 Å². The quantitative estimate of drug-likeness (QED) is 0.751. The van der Waals surface area contributed by atoms with Gasteiger partial charge in [0.15, 0.2) is 0 Å². The number of ether oxygens (including phenoxy) is 1. The summed E-state index contributed by atoms with van der Waals surface area (Å²) >= 11 is 0. The molecule has 2 atom stereocenters. The number of fused-ring (bicyclic) bond motifs is 1. The molecule has 1 aliphatic rings. The summed E-state index contributed by atoms with van der Waals surface area (Å²) in [4.78, 5) is 43.5. The molecule has 0 radical (unpaired) electrons. The number of aromatic nitrogens is 2. The molecule has 1 saturated heterocycles. The molecule has 152 valence electrons. The van der Waals surface area contributed by atoms with Crippen molar-refractivity contribution in [1.29, 1.82) is 0 Å². The molecule has 28 heavy (non-hydrogen) atoms. The van der Waals surface area contributed by atoms with Gasteiger partial charge < -0.3 is 24.9 Å². The Hall–Kier alpha value is -2.77. The number of piperidine rings is 1. The lowest BCUT2D eigenvalue weighted by Crippen LogP contribution is -2.47. The van der Waals surface area contributed by atoms with Gasteiger partial charge in [-0.2, -0.15) is 0 Å². The molecule has 0 saturated carbocycles. The Bertz CT molecular complexity index is 924. The van der Waals surface area contributed by atoms with Crippen LogP contribution in [0.25, 0.3) is 11.0 Å². The molecule has 1 aromatic heterocycles. The number of rotatable bonds is 3. The maximum Gasteiger partial charge on any atom is 0.410 e. The van der Waals surface area contributed by atoms with Gasteiger partial charge in [-0.25, -0.2) is 9.59 Å². The van der Waals surface area contributed by atoms with Crippen molar-refractivity contribution < 1.29 is 14.3 Å². The maximum atomic E-state index is 12.7. The lowest BCUT2D eigenvalue weighted by molar-refractivity contribution is -0.127. The summed E-state index contributed by atoms with van der Waals surface area (Å²) in [6.07, 6.45) is 1.13. The number of hydrogen-bond donors (Lipinski definition) is 3. The first-order valence-electron chi connectivity index (χ1n) is 9.62. The number of carbonyl (C=O) groups is 2. The topological polar surface area (TPSA) is 107 Å². The molecule has 2 amide bonds. The Morgan fingerprint density at radius 2 is 1.96 bits per heavy atom. The Morgan fingerprint density at radius 3 is 2.68 bits per heavy atom. The van der Waals surface area contributed by atoms with Crippen molar-refractivity contribution in [2.45, 2.75) is 52.2 Å². The number of amides is 2. The van der Waals surface area contributed by atoms with E-state index in [1.807, 2.05) is 45.9 Å². The van der Waals surface area contributed by atoms with Gasteiger partial charge in [0.05, 0.1) is 23.0 Å². The first-order valence-corrected chi connectivity index (χ1v) is 9.62. The fourth-order valence-electron chi connectivity index (χ4n) is 3.42. The summed E-state index contributed by atoms with van der Waals surface area (Å²) < 4.78 is 5.42. The zero-order chi connectivity index (χ0) is 20.5. The van der Waals surface area contributed by atoms with E-state index in [-0.39, 0.29) is 29.6 Å². The summed E-state index contributed by atoms with van der Waals surface area (Å²) in [7, 11) is 0. The number of carbonyl (C=O) groups excluding carboxylic acids is 2. The average Bonchev–Trinajstić information content (AvgIpc) is 2.99. The van der Waals surface area contributed by atoms with Crippen LogP contribution in [0.2, 0.25) is 0 Å². The first-order chi connectivity index (χ1) is 13.1. The number of nitrogens with one attached hydrogen (secondary N) is 3. The molecular weight excluding hydrogens is 360 g/mol. The van der Waals surface area contributed by atoms with Crippen LogP contribution >= 0.6 is 0 Å². The summed E-state index contributed by atoms with van der Waals surface area (Å²) in [5, 5.41) is 3.03. The molecule has 0 bridgehead atoms. The summed E-state index contributed by atoms with van der Waals surface area (Å²) in [5.74, 6) is -0.345. The highest BCUT2D eigenvalue weighted by Gasteiger charge is 2.31.